The van der Waals surface area contributed by atoms with Crippen LogP contribution in [0.2, 0.25) is 0 Å². The molecule has 6 heteroatoms. The van der Waals surface area contributed by atoms with E-state index in [9.17, 15) is 0 Å². The van der Waals surface area contributed by atoms with Gasteiger partial charge in [-0.05, 0) is 33.2 Å². The molecule has 1 aliphatic rings. The Morgan fingerprint density at radius 2 is 2.18 bits per heavy atom. The van der Waals surface area contributed by atoms with Gasteiger partial charge in [-0.1, -0.05) is 0 Å². The first-order chi connectivity index (χ1) is 10.6. The predicted molar refractivity (Wildman–Crippen MR) is 90.3 cm³/mol. The van der Waals surface area contributed by atoms with Crippen molar-refractivity contribution in [1.82, 2.24) is 19.9 Å². The van der Waals surface area contributed by atoms with E-state index in [2.05, 4.69) is 44.8 Å². The Morgan fingerprint density at radius 1 is 1.32 bits per heavy atom. The summed E-state index contributed by atoms with van der Waals surface area (Å²) in [6.45, 7) is 8.41. The maximum atomic E-state index is 4.40. The normalized spacial score (nSPS) is 18.4. The highest BCUT2D eigenvalue weighted by molar-refractivity contribution is 7.09. The van der Waals surface area contributed by atoms with Crippen LogP contribution in [0.3, 0.4) is 0 Å². The smallest absolute Gasteiger partial charge is 0.132 e. The number of thiazole rings is 1. The maximum Gasteiger partial charge on any atom is 0.132 e. The lowest BCUT2D eigenvalue weighted by atomic mass is 10.1. The van der Waals surface area contributed by atoms with Crippen LogP contribution in [0, 0.1) is 19.8 Å². The molecule has 0 spiro atoms. The first kappa shape index (κ1) is 15.4. The minimum atomic E-state index is 0.702. The fourth-order valence-corrected chi connectivity index (χ4v) is 3.89. The summed E-state index contributed by atoms with van der Waals surface area (Å²) in [5.41, 5.74) is 4.14. The molecule has 2 aromatic rings. The largest absolute Gasteiger partial charge is 0.356 e. The van der Waals surface area contributed by atoms with E-state index in [0.29, 0.717) is 5.92 Å². The van der Waals surface area contributed by atoms with Gasteiger partial charge in [0.1, 0.15) is 12.1 Å². The second-order valence-corrected chi connectivity index (χ2v) is 7.12. The third-order valence-corrected chi connectivity index (χ3v) is 5.15. The molecule has 0 radical (unpaired) electrons. The molecule has 2 aromatic heterocycles. The molecular formula is C16H23N5S. The fraction of sp³-hybridized carbons (Fsp3) is 0.562. The molecule has 0 bridgehead atoms. The average Bonchev–Trinajstić information content (AvgIpc) is 3.09. The second-order valence-electron chi connectivity index (χ2n) is 6.18. The van der Waals surface area contributed by atoms with Crippen LogP contribution in [0.5, 0.6) is 0 Å². The van der Waals surface area contributed by atoms with E-state index in [1.165, 1.54) is 17.0 Å². The standard InChI is InChI=1S/C16H23N5S/c1-12-6-16(18-10-17-12)21-5-4-14(8-21)7-20(3)9-15-13(2)19-11-22-15/h6,10-11,14H,4-5,7-9H2,1-3H3. The van der Waals surface area contributed by atoms with Crippen molar-refractivity contribution in [2.24, 2.45) is 5.92 Å². The molecule has 1 fully saturated rings. The van der Waals surface area contributed by atoms with Crippen LogP contribution in [0.15, 0.2) is 17.9 Å². The van der Waals surface area contributed by atoms with Crippen molar-refractivity contribution in [3.63, 3.8) is 0 Å². The Bertz CT molecular complexity index is 627. The van der Waals surface area contributed by atoms with E-state index in [0.717, 1.165) is 37.7 Å². The number of hydrogen-bond donors (Lipinski definition) is 0. The minimum Gasteiger partial charge on any atom is -0.356 e. The van der Waals surface area contributed by atoms with Crippen LogP contribution >= 0.6 is 11.3 Å². The summed E-state index contributed by atoms with van der Waals surface area (Å²) in [7, 11) is 2.21. The van der Waals surface area contributed by atoms with Crippen LogP contribution in [0.4, 0.5) is 5.82 Å². The summed E-state index contributed by atoms with van der Waals surface area (Å²) < 4.78 is 0. The Labute approximate surface area is 136 Å². The molecule has 5 nitrogen and oxygen atoms in total. The van der Waals surface area contributed by atoms with Crippen LogP contribution in [0.1, 0.15) is 22.7 Å². The zero-order valence-electron chi connectivity index (χ0n) is 13.5. The van der Waals surface area contributed by atoms with Crippen LogP contribution in [0.25, 0.3) is 0 Å². The fourth-order valence-electron chi connectivity index (χ4n) is 3.03. The van der Waals surface area contributed by atoms with Crippen molar-refractivity contribution in [2.75, 3.05) is 31.6 Å². The highest BCUT2D eigenvalue weighted by Gasteiger charge is 2.24. The summed E-state index contributed by atoms with van der Waals surface area (Å²) >= 11 is 1.75. The minimum absolute atomic E-state index is 0.702. The number of hydrogen-bond acceptors (Lipinski definition) is 6. The van der Waals surface area contributed by atoms with Gasteiger partial charge in [0, 0.05) is 42.8 Å². The topological polar surface area (TPSA) is 45.2 Å². The number of nitrogens with zero attached hydrogens (tertiary/aromatic N) is 5. The zero-order valence-corrected chi connectivity index (χ0v) is 14.3. The van der Waals surface area contributed by atoms with E-state index in [1.807, 2.05) is 12.4 Å². The summed E-state index contributed by atoms with van der Waals surface area (Å²) in [5.74, 6) is 1.77. The van der Waals surface area contributed by atoms with Crippen molar-refractivity contribution >= 4 is 17.2 Å². The molecule has 1 aliphatic heterocycles. The summed E-state index contributed by atoms with van der Waals surface area (Å²) in [4.78, 5) is 19.1. The van der Waals surface area contributed by atoms with Crippen LogP contribution < -0.4 is 4.90 Å². The molecule has 0 saturated carbocycles. The van der Waals surface area contributed by atoms with Gasteiger partial charge in [-0.3, -0.25) is 0 Å². The third-order valence-electron chi connectivity index (χ3n) is 4.23. The molecule has 0 amide bonds. The van der Waals surface area contributed by atoms with Gasteiger partial charge in [0.15, 0.2) is 0 Å². The van der Waals surface area contributed by atoms with E-state index in [4.69, 9.17) is 0 Å². The van der Waals surface area contributed by atoms with Gasteiger partial charge >= 0.3 is 0 Å². The predicted octanol–water partition coefficient (Wildman–Crippen LogP) is 2.51. The highest BCUT2D eigenvalue weighted by Crippen LogP contribution is 2.23. The lowest BCUT2D eigenvalue weighted by Crippen LogP contribution is -2.28. The van der Waals surface area contributed by atoms with Gasteiger partial charge in [0.05, 0.1) is 11.2 Å². The molecule has 1 saturated heterocycles. The Morgan fingerprint density at radius 3 is 2.91 bits per heavy atom. The maximum absolute atomic E-state index is 4.40. The molecule has 0 N–H and O–H groups in total. The number of rotatable bonds is 5. The molecule has 0 aromatic carbocycles. The molecule has 3 heterocycles. The van der Waals surface area contributed by atoms with Gasteiger partial charge in [-0.2, -0.15) is 0 Å². The lowest BCUT2D eigenvalue weighted by molar-refractivity contribution is 0.281. The SMILES string of the molecule is Cc1cc(N2CCC(CN(C)Cc3scnc3C)C2)ncn1. The quantitative estimate of drug-likeness (QED) is 0.848. The van der Waals surface area contributed by atoms with Crippen molar-refractivity contribution in [3.05, 3.63) is 34.2 Å². The molecule has 22 heavy (non-hydrogen) atoms. The Kier molecular flexibility index (Phi) is 4.69. The first-order valence-corrected chi connectivity index (χ1v) is 8.61. The van der Waals surface area contributed by atoms with E-state index in [1.54, 1.807) is 17.7 Å². The molecule has 0 aliphatic carbocycles. The number of aromatic nitrogens is 3. The second kappa shape index (κ2) is 6.71. The third kappa shape index (κ3) is 3.62. The van der Waals surface area contributed by atoms with E-state index < -0.39 is 0 Å². The molecule has 1 unspecified atom stereocenters. The van der Waals surface area contributed by atoms with Gasteiger partial charge in [0.2, 0.25) is 0 Å². The Hall–Kier alpha value is -1.53. The molecule has 3 rings (SSSR count). The van der Waals surface area contributed by atoms with Crippen molar-refractivity contribution < 1.29 is 0 Å². The van der Waals surface area contributed by atoms with Crippen molar-refractivity contribution in [3.8, 4) is 0 Å². The molecule has 118 valence electrons. The van der Waals surface area contributed by atoms with E-state index in [-0.39, 0.29) is 0 Å². The van der Waals surface area contributed by atoms with Crippen molar-refractivity contribution in [2.45, 2.75) is 26.8 Å². The number of anilines is 1. The highest BCUT2D eigenvalue weighted by atomic mass is 32.1. The Balaban J connectivity index is 1.53. The zero-order chi connectivity index (χ0) is 15.5. The van der Waals surface area contributed by atoms with E-state index >= 15 is 0 Å². The monoisotopic (exact) mass is 317 g/mol. The van der Waals surface area contributed by atoms with Crippen LogP contribution in [-0.4, -0.2) is 46.5 Å². The molecular weight excluding hydrogens is 294 g/mol. The summed E-state index contributed by atoms with van der Waals surface area (Å²) in [6.07, 6.45) is 2.89. The van der Waals surface area contributed by atoms with Gasteiger partial charge in [-0.25, -0.2) is 15.0 Å². The summed E-state index contributed by atoms with van der Waals surface area (Å²) in [5, 5.41) is 0. The molecule has 1 atom stereocenters. The van der Waals surface area contributed by atoms with Gasteiger partial charge in [0.25, 0.3) is 0 Å². The average molecular weight is 317 g/mol. The summed E-state index contributed by atoms with van der Waals surface area (Å²) in [6, 6.07) is 2.08. The lowest BCUT2D eigenvalue weighted by Gasteiger charge is -2.21. The number of aryl methyl sites for hydroxylation is 2. The van der Waals surface area contributed by atoms with Gasteiger partial charge < -0.3 is 9.80 Å². The van der Waals surface area contributed by atoms with Gasteiger partial charge in [-0.15, -0.1) is 11.3 Å². The first-order valence-electron chi connectivity index (χ1n) is 7.73. The van der Waals surface area contributed by atoms with Crippen LogP contribution in [-0.2, 0) is 6.54 Å². The van der Waals surface area contributed by atoms with Crippen molar-refractivity contribution in [1.29, 1.82) is 0 Å².